The standard InChI is InChI=1S/C21H19N3O2S2/c1-2-3-12-26-15-10-8-14(9-11-15)19(25)24-21-23-17(13-27-21)20-22-16-6-4-5-7-18(16)28-20/h4-11,13H,2-3,12H2,1H3,(H,23,24,25). The summed E-state index contributed by atoms with van der Waals surface area (Å²) in [6, 6.07) is 15.2. The number of thiazole rings is 2. The summed E-state index contributed by atoms with van der Waals surface area (Å²) >= 11 is 2.99. The second-order valence-electron chi connectivity index (χ2n) is 6.21. The van der Waals surface area contributed by atoms with Crippen molar-refractivity contribution in [1.82, 2.24) is 9.97 Å². The van der Waals surface area contributed by atoms with Crippen LogP contribution < -0.4 is 10.1 Å². The molecular formula is C21H19N3O2S2. The zero-order valence-electron chi connectivity index (χ0n) is 15.3. The molecule has 0 spiro atoms. The summed E-state index contributed by atoms with van der Waals surface area (Å²) in [6.45, 7) is 2.81. The Morgan fingerprint density at radius 3 is 2.71 bits per heavy atom. The van der Waals surface area contributed by atoms with Crippen molar-refractivity contribution in [2.24, 2.45) is 0 Å². The van der Waals surface area contributed by atoms with E-state index in [2.05, 4.69) is 22.2 Å². The van der Waals surface area contributed by atoms with Gasteiger partial charge in [0, 0.05) is 10.9 Å². The minimum atomic E-state index is -0.190. The number of nitrogens with one attached hydrogen (secondary N) is 1. The smallest absolute Gasteiger partial charge is 0.257 e. The highest BCUT2D eigenvalue weighted by Gasteiger charge is 2.13. The van der Waals surface area contributed by atoms with Gasteiger partial charge in [-0.3, -0.25) is 10.1 Å². The molecule has 4 aromatic rings. The zero-order chi connectivity index (χ0) is 19.3. The molecule has 0 aliphatic carbocycles. The highest BCUT2D eigenvalue weighted by atomic mass is 32.1. The first-order valence-electron chi connectivity index (χ1n) is 9.08. The summed E-state index contributed by atoms with van der Waals surface area (Å²) in [6.07, 6.45) is 2.11. The monoisotopic (exact) mass is 409 g/mol. The molecule has 0 atom stereocenters. The van der Waals surface area contributed by atoms with Crippen molar-refractivity contribution < 1.29 is 9.53 Å². The maximum Gasteiger partial charge on any atom is 0.257 e. The average molecular weight is 410 g/mol. The van der Waals surface area contributed by atoms with Crippen molar-refractivity contribution in [3.8, 4) is 16.5 Å². The van der Waals surface area contributed by atoms with Crippen LogP contribution in [0.25, 0.3) is 20.9 Å². The quantitative estimate of drug-likeness (QED) is 0.389. The van der Waals surface area contributed by atoms with Crippen molar-refractivity contribution in [2.45, 2.75) is 19.8 Å². The van der Waals surface area contributed by atoms with Crippen LogP contribution in [-0.4, -0.2) is 22.5 Å². The third-order valence-electron chi connectivity index (χ3n) is 4.12. The Bertz CT molecular complexity index is 1050. The number of anilines is 1. The number of nitrogens with zero attached hydrogens (tertiary/aromatic N) is 2. The molecule has 4 rings (SSSR count). The first-order valence-corrected chi connectivity index (χ1v) is 10.8. The summed E-state index contributed by atoms with van der Waals surface area (Å²) in [4.78, 5) is 21.6. The lowest BCUT2D eigenvalue weighted by atomic mass is 10.2. The van der Waals surface area contributed by atoms with Gasteiger partial charge in [-0.2, -0.15) is 0 Å². The van der Waals surface area contributed by atoms with Crippen molar-refractivity contribution in [3.05, 3.63) is 59.5 Å². The molecule has 28 heavy (non-hydrogen) atoms. The number of aromatic nitrogens is 2. The van der Waals surface area contributed by atoms with Gasteiger partial charge in [-0.05, 0) is 42.8 Å². The van der Waals surface area contributed by atoms with E-state index < -0.39 is 0 Å². The van der Waals surface area contributed by atoms with E-state index in [0.717, 1.165) is 39.5 Å². The molecule has 0 fully saturated rings. The number of amides is 1. The number of rotatable bonds is 7. The number of hydrogen-bond acceptors (Lipinski definition) is 6. The lowest BCUT2D eigenvalue weighted by molar-refractivity contribution is 0.102. The number of benzene rings is 2. The molecular weight excluding hydrogens is 390 g/mol. The fourth-order valence-corrected chi connectivity index (χ4v) is 4.31. The number of carbonyl (C=O) groups excluding carboxylic acids is 1. The van der Waals surface area contributed by atoms with E-state index in [9.17, 15) is 4.79 Å². The number of unbranched alkanes of at least 4 members (excludes halogenated alkanes) is 1. The molecule has 7 heteroatoms. The van der Waals surface area contributed by atoms with E-state index in [0.29, 0.717) is 17.3 Å². The van der Waals surface area contributed by atoms with Gasteiger partial charge in [0.2, 0.25) is 0 Å². The Balaban J connectivity index is 1.42. The first-order chi connectivity index (χ1) is 13.7. The summed E-state index contributed by atoms with van der Waals surface area (Å²) in [5.74, 6) is 0.586. The normalized spacial score (nSPS) is 10.9. The topological polar surface area (TPSA) is 64.1 Å². The molecule has 0 bridgehead atoms. The van der Waals surface area contributed by atoms with Crippen LogP contribution in [0.4, 0.5) is 5.13 Å². The average Bonchev–Trinajstić information content (AvgIpc) is 3.35. The zero-order valence-corrected chi connectivity index (χ0v) is 17.0. The Morgan fingerprint density at radius 2 is 1.93 bits per heavy atom. The molecule has 1 N–H and O–H groups in total. The SMILES string of the molecule is CCCCOc1ccc(C(=O)Nc2nc(-c3nc4ccccc4s3)cs2)cc1. The van der Waals surface area contributed by atoms with Gasteiger partial charge in [-0.15, -0.1) is 22.7 Å². The highest BCUT2D eigenvalue weighted by molar-refractivity contribution is 7.22. The first kappa shape index (κ1) is 18.6. The number of hydrogen-bond donors (Lipinski definition) is 1. The fourth-order valence-electron chi connectivity index (χ4n) is 2.62. The molecule has 0 aliphatic heterocycles. The van der Waals surface area contributed by atoms with Crippen molar-refractivity contribution >= 4 is 43.9 Å². The summed E-state index contributed by atoms with van der Waals surface area (Å²) < 4.78 is 6.75. The lowest BCUT2D eigenvalue weighted by Gasteiger charge is -2.06. The lowest BCUT2D eigenvalue weighted by Crippen LogP contribution is -2.11. The molecule has 0 unspecified atom stereocenters. The van der Waals surface area contributed by atoms with E-state index >= 15 is 0 Å². The minimum Gasteiger partial charge on any atom is -0.494 e. The van der Waals surface area contributed by atoms with Crippen LogP contribution in [0.2, 0.25) is 0 Å². The molecule has 0 aliphatic rings. The minimum absolute atomic E-state index is 0.190. The van der Waals surface area contributed by atoms with E-state index in [1.54, 1.807) is 23.5 Å². The molecule has 0 radical (unpaired) electrons. The number of carbonyl (C=O) groups is 1. The molecule has 5 nitrogen and oxygen atoms in total. The maximum atomic E-state index is 12.5. The van der Waals surface area contributed by atoms with Gasteiger partial charge in [0.15, 0.2) is 5.13 Å². The second kappa shape index (κ2) is 8.50. The highest BCUT2D eigenvalue weighted by Crippen LogP contribution is 2.32. The Labute approximate surface area is 171 Å². The van der Waals surface area contributed by atoms with Crippen molar-refractivity contribution in [3.63, 3.8) is 0 Å². The van der Waals surface area contributed by atoms with E-state index in [4.69, 9.17) is 4.74 Å². The maximum absolute atomic E-state index is 12.5. The van der Waals surface area contributed by atoms with Crippen molar-refractivity contribution in [1.29, 1.82) is 0 Å². The molecule has 0 saturated heterocycles. The van der Waals surface area contributed by atoms with E-state index in [1.165, 1.54) is 11.3 Å². The van der Waals surface area contributed by atoms with Crippen LogP contribution in [0.15, 0.2) is 53.9 Å². The predicted octanol–water partition coefficient (Wildman–Crippen LogP) is 5.85. The van der Waals surface area contributed by atoms with Gasteiger partial charge >= 0.3 is 0 Å². The van der Waals surface area contributed by atoms with Gasteiger partial charge in [0.1, 0.15) is 16.5 Å². The van der Waals surface area contributed by atoms with Gasteiger partial charge < -0.3 is 4.74 Å². The summed E-state index contributed by atoms with van der Waals surface area (Å²) in [5, 5.41) is 6.18. The third kappa shape index (κ3) is 4.21. The van der Waals surface area contributed by atoms with Crippen LogP contribution in [0, 0.1) is 0 Å². The Hall–Kier alpha value is -2.77. The molecule has 2 aromatic carbocycles. The Morgan fingerprint density at radius 1 is 1.11 bits per heavy atom. The third-order valence-corrected chi connectivity index (χ3v) is 5.94. The summed E-state index contributed by atoms with van der Waals surface area (Å²) in [5.41, 5.74) is 2.31. The molecule has 2 aromatic heterocycles. The van der Waals surface area contributed by atoms with E-state index in [1.807, 2.05) is 41.8 Å². The molecule has 142 valence electrons. The second-order valence-corrected chi connectivity index (χ2v) is 8.09. The number of ether oxygens (including phenoxy) is 1. The number of fused-ring (bicyclic) bond motifs is 1. The van der Waals surface area contributed by atoms with Crippen molar-refractivity contribution in [2.75, 3.05) is 11.9 Å². The number of para-hydroxylation sites is 1. The van der Waals surface area contributed by atoms with Gasteiger partial charge in [-0.25, -0.2) is 9.97 Å². The van der Waals surface area contributed by atoms with Crippen LogP contribution in [0.1, 0.15) is 30.1 Å². The van der Waals surface area contributed by atoms with Crippen LogP contribution in [-0.2, 0) is 0 Å². The van der Waals surface area contributed by atoms with Crippen LogP contribution in [0.5, 0.6) is 5.75 Å². The van der Waals surface area contributed by atoms with E-state index in [-0.39, 0.29) is 5.91 Å². The molecule has 1 amide bonds. The van der Waals surface area contributed by atoms with Gasteiger partial charge in [0.05, 0.1) is 16.8 Å². The summed E-state index contributed by atoms with van der Waals surface area (Å²) in [7, 11) is 0. The van der Waals surface area contributed by atoms with Gasteiger partial charge in [0.25, 0.3) is 5.91 Å². The molecule has 2 heterocycles. The Kier molecular flexibility index (Phi) is 5.64. The van der Waals surface area contributed by atoms with Crippen LogP contribution >= 0.6 is 22.7 Å². The fraction of sp³-hybridized carbons (Fsp3) is 0.190. The largest absolute Gasteiger partial charge is 0.494 e. The van der Waals surface area contributed by atoms with Crippen LogP contribution in [0.3, 0.4) is 0 Å². The molecule has 0 saturated carbocycles. The predicted molar refractivity (Wildman–Crippen MR) is 116 cm³/mol. The van der Waals surface area contributed by atoms with Gasteiger partial charge in [-0.1, -0.05) is 25.5 Å².